The van der Waals surface area contributed by atoms with Crippen molar-refractivity contribution in [3.05, 3.63) is 80.1 Å². The molecule has 1 amide bonds. The van der Waals surface area contributed by atoms with Crippen LogP contribution in [0, 0.1) is 5.82 Å². The van der Waals surface area contributed by atoms with E-state index in [1.54, 1.807) is 32.3 Å². The number of phenolic OH excluding ortho intramolecular Hbond substituents is 1. The number of para-hydroxylation sites is 1. The number of halogens is 1. The van der Waals surface area contributed by atoms with Gasteiger partial charge >= 0.3 is 0 Å². The Hall–Kier alpha value is -4.08. The standard InChI is InChI=1S/C23H26FN5O4/c1-5-16(13-8-6-9-14(24)12-13)25-19-18(21(31)27-29(4)23(19)33)26-17-11-7-10-15(20(17)30)22(32)28(2)3/h6-12,16,25-26,30H,5H2,1-4H3,(H,27,31)/t16-/m1/s1. The van der Waals surface area contributed by atoms with Crippen molar-refractivity contribution >= 4 is 23.0 Å². The van der Waals surface area contributed by atoms with Crippen LogP contribution in [0.2, 0.25) is 0 Å². The maximum Gasteiger partial charge on any atom is 0.290 e. The second-order valence-corrected chi connectivity index (χ2v) is 7.74. The Kier molecular flexibility index (Phi) is 6.86. The number of H-pyrrole nitrogens is 1. The van der Waals surface area contributed by atoms with Crippen LogP contribution in [0.3, 0.4) is 0 Å². The molecule has 1 aromatic heterocycles. The topological polar surface area (TPSA) is 119 Å². The van der Waals surface area contributed by atoms with E-state index in [1.807, 2.05) is 6.92 Å². The Morgan fingerprint density at radius 2 is 1.88 bits per heavy atom. The van der Waals surface area contributed by atoms with Crippen LogP contribution in [-0.2, 0) is 7.05 Å². The van der Waals surface area contributed by atoms with Gasteiger partial charge in [0.25, 0.3) is 17.0 Å². The van der Waals surface area contributed by atoms with E-state index in [-0.39, 0.29) is 28.4 Å². The van der Waals surface area contributed by atoms with Crippen LogP contribution >= 0.6 is 0 Å². The fourth-order valence-corrected chi connectivity index (χ4v) is 3.41. The highest BCUT2D eigenvalue weighted by Crippen LogP contribution is 2.32. The molecule has 2 aromatic carbocycles. The summed E-state index contributed by atoms with van der Waals surface area (Å²) in [5.74, 6) is -1.21. The van der Waals surface area contributed by atoms with Gasteiger partial charge in [-0.2, -0.15) is 0 Å². The molecule has 0 aliphatic carbocycles. The lowest BCUT2D eigenvalue weighted by molar-refractivity contribution is 0.0824. The summed E-state index contributed by atoms with van der Waals surface area (Å²) in [6.07, 6.45) is 0.497. The smallest absolute Gasteiger partial charge is 0.290 e. The molecule has 10 heteroatoms. The summed E-state index contributed by atoms with van der Waals surface area (Å²) in [7, 11) is 4.50. The van der Waals surface area contributed by atoms with Gasteiger partial charge in [-0.05, 0) is 36.2 Å². The summed E-state index contributed by atoms with van der Waals surface area (Å²) < 4.78 is 14.8. The molecule has 3 rings (SSSR count). The molecule has 1 heterocycles. The van der Waals surface area contributed by atoms with E-state index in [2.05, 4.69) is 15.7 Å². The van der Waals surface area contributed by atoms with Gasteiger partial charge in [-0.25, -0.2) is 4.39 Å². The zero-order valence-electron chi connectivity index (χ0n) is 18.8. The Morgan fingerprint density at radius 1 is 1.18 bits per heavy atom. The van der Waals surface area contributed by atoms with Crippen molar-refractivity contribution in [2.45, 2.75) is 19.4 Å². The van der Waals surface area contributed by atoms with E-state index in [0.717, 1.165) is 4.68 Å². The molecule has 9 nitrogen and oxygen atoms in total. The number of nitrogens with one attached hydrogen (secondary N) is 3. The summed E-state index contributed by atoms with van der Waals surface area (Å²) >= 11 is 0. The van der Waals surface area contributed by atoms with Crippen molar-refractivity contribution in [1.82, 2.24) is 14.7 Å². The quantitative estimate of drug-likeness (QED) is 0.407. The first kappa shape index (κ1) is 23.6. The Bertz CT molecular complexity index is 1300. The molecule has 0 fully saturated rings. The molecule has 33 heavy (non-hydrogen) atoms. The third-order valence-electron chi connectivity index (χ3n) is 5.17. The van der Waals surface area contributed by atoms with E-state index in [9.17, 15) is 23.9 Å². The minimum atomic E-state index is -0.627. The second kappa shape index (κ2) is 9.60. The predicted molar refractivity (Wildman–Crippen MR) is 125 cm³/mol. The number of aromatic amines is 1. The van der Waals surface area contributed by atoms with Crippen molar-refractivity contribution in [2.75, 3.05) is 24.7 Å². The second-order valence-electron chi connectivity index (χ2n) is 7.74. The number of phenols is 1. The molecule has 1 atom stereocenters. The van der Waals surface area contributed by atoms with Gasteiger partial charge in [0.1, 0.15) is 17.2 Å². The molecule has 0 aliphatic heterocycles. The number of carbonyl (C=O) groups is 1. The van der Waals surface area contributed by atoms with Crippen molar-refractivity contribution in [1.29, 1.82) is 0 Å². The fraction of sp³-hybridized carbons (Fsp3) is 0.261. The Balaban J connectivity index is 2.09. The zero-order valence-corrected chi connectivity index (χ0v) is 18.8. The van der Waals surface area contributed by atoms with Crippen LogP contribution in [0.15, 0.2) is 52.1 Å². The lowest BCUT2D eigenvalue weighted by Crippen LogP contribution is -2.32. The summed E-state index contributed by atoms with van der Waals surface area (Å²) in [5, 5.41) is 18.9. The molecule has 174 valence electrons. The third-order valence-corrected chi connectivity index (χ3v) is 5.17. The van der Waals surface area contributed by atoms with Crippen molar-refractivity contribution < 1.29 is 14.3 Å². The highest BCUT2D eigenvalue weighted by molar-refractivity contribution is 5.98. The van der Waals surface area contributed by atoms with Gasteiger partial charge in [0, 0.05) is 21.1 Å². The van der Waals surface area contributed by atoms with Gasteiger partial charge in [-0.3, -0.25) is 24.2 Å². The molecular formula is C23H26FN5O4. The van der Waals surface area contributed by atoms with E-state index in [0.29, 0.717) is 12.0 Å². The fourth-order valence-electron chi connectivity index (χ4n) is 3.41. The van der Waals surface area contributed by atoms with Gasteiger partial charge in [0.2, 0.25) is 0 Å². The van der Waals surface area contributed by atoms with Crippen molar-refractivity contribution in [2.24, 2.45) is 7.05 Å². The van der Waals surface area contributed by atoms with E-state index in [4.69, 9.17) is 0 Å². The largest absolute Gasteiger partial charge is 0.505 e. The summed E-state index contributed by atoms with van der Waals surface area (Å²) in [6.45, 7) is 1.86. The average molecular weight is 455 g/mol. The molecule has 3 aromatic rings. The van der Waals surface area contributed by atoms with E-state index >= 15 is 0 Å². The van der Waals surface area contributed by atoms with Gasteiger partial charge in [-0.1, -0.05) is 25.1 Å². The normalized spacial score (nSPS) is 11.7. The van der Waals surface area contributed by atoms with Crippen LogP contribution in [0.4, 0.5) is 21.5 Å². The maximum atomic E-state index is 13.8. The molecule has 0 aliphatic rings. The molecule has 0 unspecified atom stereocenters. The minimum absolute atomic E-state index is 0.0333. The van der Waals surface area contributed by atoms with Crippen LogP contribution in [0.5, 0.6) is 5.75 Å². The molecule has 4 N–H and O–H groups in total. The number of rotatable bonds is 7. The van der Waals surface area contributed by atoms with Crippen LogP contribution in [0.25, 0.3) is 0 Å². The monoisotopic (exact) mass is 455 g/mol. The average Bonchev–Trinajstić information content (AvgIpc) is 2.77. The molecule has 0 radical (unpaired) electrons. The number of aromatic hydroxyl groups is 1. The minimum Gasteiger partial charge on any atom is -0.505 e. The number of hydrogen-bond acceptors (Lipinski definition) is 6. The first-order valence-electron chi connectivity index (χ1n) is 10.3. The number of aromatic nitrogens is 2. The maximum absolute atomic E-state index is 13.8. The van der Waals surface area contributed by atoms with E-state index in [1.165, 1.54) is 36.2 Å². The number of carbonyl (C=O) groups excluding carboxylic acids is 1. The number of benzene rings is 2. The molecule has 0 saturated carbocycles. The van der Waals surface area contributed by atoms with Gasteiger partial charge < -0.3 is 20.6 Å². The lowest BCUT2D eigenvalue weighted by Gasteiger charge is -2.21. The first-order chi connectivity index (χ1) is 15.6. The Morgan fingerprint density at radius 3 is 2.52 bits per heavy atom. The highest BCUT2D eigenvalue weighted by Gasteiger charge is 2.21. The lowest BCUT2D eigenvalue weighted by atomic mass is 10.0. The highest BCUT2D eigenvalue weighted by atomic mass is 19.1. The number of anilines is 3. The van der Waals surface area contributed by atoms with Crippen molar-refractivity contribution in [3.8, 4) is 5.75 Å². The summed E-state index contributed by atoms with van der Waals surface area (Å²) in [4.78, 5) is 39.4. The van der Waals surface area contributed by atoms with E-state index < -0.39 is 28.9 Å². The van der Waals surface area contributed by atoms with Crippen molar-refractivity contribution in [3.63, 3.8) is 0 Å². The number of amides is 1. The summed E-state index contributed by atoms with van der Waals surface area (Å²) in [5.41, 5.74) is -0.648. The third kappa shape index (κ3) is 4.89. The van der Waals surface area contributed by atoms with Gasteiger partial charge in [0.15, 0.2) is 5.75 Å². The van der Waals surface area contributed by atoms with Crippen LogP contribution in [-0.4, -0.2) is 39.8 Å². The Labute approximate surface area is 189 Å². The molecule has 0 saturated heterocycles. The summed E-state index contributed by atoms with van der Waals surface area (Å²) in [6, 6.07) is 9.97. The number of aryl methyl sites for hydroxylation is 1. The number of nitrogens with zero attached hydrogens (tertiary/aromatic N) is 2. The molecule has 0 bridgehead atoms. The predicted octanol–water partition coefficient (Wildman–Crippen LogP) is 2.93. The SMILES string of the molecule is CC[C@@H](Nc1c(Nc2cccc(C(=O)N(C)C)c2O)c(=O)[nH]n(C)c1=O)c1cccc(F)c1. The molecule has 0 spiro atoms. The zero-order chi connectivity index (χ0) is 24.3. The van der Waals surface area contributed by atoms with Crippen LogP contribution < -0.4 is 21.8 Å². The molecular weight excluding hydrogens is 429 g/mol. The first-order valence-corrected chi connectivity index (χ1v) is 10.3. The van der Waals surface area contributed by atoms with Crippen LogP contribution in [0.1, 0.15) is 35.3 Å². The van der Waals surface area contributed by atoms with Gasteiger partial charge in [-0.15, -0.1) is 0 Å². The van der Waals surface area contributed by atoms with Gasteiger partial charge in [0.05, 0.1) is 17.3 Å². The number of hydrogen-bond donors (Lipinski definition) is 4.